The summed E-state index contributed by atoms with van der Waals surface area (Å²) in [6, 6.07) is 11.7. The van der Waals surface area contributed by atoms with Crippen LogP contribution in [0, 0.1) is 0 Å². The fourth-order valence-corrected chi connectivity index (χ4v) is 3.68. The smallest absolute Gasteiger partial charge is 0.114 e. The van der Waals surface area contributed by atoms with E-state index in [0.717, 1.165) is 4.48 Å². The fourth-order valence-electron chi connectivity index (χ4n) is 3.68. The van der Waals surface area contributed by atoms with Crippen LogP contribution in [0.5, 0.6) is 0 Å². The minimum Gasteiger partial charge on any atom is -1.00 e. The van der Waals surface area contributed by atoms with Crippen molar-refractivity contribution in [3.8, 4) is 0 Å². The second kappa shape index (κ2) is 14.6. The first-order chi connectivity index (χ1) is 11.6. The molecular weight excluding hydrogens is 326 g/mol. The van der Waals surface area contributed by atoms with Gasteiger partial charge in [-0.05, 0) is 6.42 Å². The number of hydrogen-bond acceptors (Lipinski definition) is 0. The number of benzene rings is 1. The van der Waals surface area contributed by atoms with E-state index in [9.17, 15) is 0 Å². The summed E-state index contributed by atoms with van der Waals surface area (Å²) in [5.41, 5.74) is 1.50. The summed E-state index contributed by atoms with van der Waals surface area (Å²) in [6.45, 7) is 2.29. The largest absolute Gasteiger partial charge is 1.00 e. The highest BCUT2D eigenvalue weighted by molar-refractivity contribution is 5.17. The lowest BCUT2D eigenvalue weighted by Crippen LogP contribution is -3.00. The summed E-state index contributed by atoms with van der Waals surface area (Å²) >= 11 is 0. The van der Waals surface area contributed by atoms with Crippen molar-refractivity contribution >= 4 is 0 Å². The number of unbranched alkanes of at least 4 members (excludes halogenated alkanes) is 10. The molecule has 2 heteroatoms. The maximum atomic E-state index is 2.33. The summed E-state index contributed by atoms with van der Waals surface area (Å²) in [5, 5.41) is 0. The molecule has 0 heterocycles. The summed E-state index contributed by atoms with van der Waals surface area (Å²) in [5.74, 6) is 0. The van der Waals surface area contributed by atoms with Crippen molar-refractivity contribution in [2.75, 3.05) is 21.1 Å². The van der Waals surface area contributed by atoms with Crippen molar-refractivity contribution in [3.63, 3.8) is 0 Å². The van der Waals surface area contributed by atoms with Gasteiger partial charge in [0.25, 0.3) is 0 Å². The van der Waals surface area contributed by atoms with Gasteiger partial charge in [0, 0.05) is 12.0 Å². The zero-order chi connectivity index (χ0) is 17.7. The number of rotatable bonds is 14. The van der Waals surface area contributed by atoms with E-state index in [1.165, 1.54) is 82.6 Å². The summed E-state index contributed by atoms with van der Waals surface area (Å²) < 4.78 is 1.03. The molecule has 0 amide bonds. The Kier molecular flexibility index (Phi) is 14.3. The molecule has 1 atom stereocenters. The van der Waals surface area contributed by atoms with Crippen LogP contribution in [0.1, 0.15) is 95.6 Å². The molecule has 0 aliphatic carbocycles. The van der Waals surface area contributed by atoms with Crippen LogP contribution in [-0.2, 0) is 0 Å². The molecule has 0 spiro atoms. The summed E-state index contributed by atoms with van der Waals surface area (Å²) in [7, 11) is 6.99. The summed E-state index contributed by atoms with van der Waals surface area (Å²) in [4.78, 5) is 0. The number of nitrogens with zero attached hydrogens (tertiary/aromatic N) is 1. The third kappa shape index (κ3) is 11.7. The van der Waals surface area contributed by atoms with E-state index in [1.54, 1.807) is 0 Å². The third-order valence-electron chi connectivity index (χ3n) is 5.20. The van der Waals surface area contributed by atoms with Crippen LogP contribution in [0.4, 0.5) is 0 Å². The molecule has 1 aromatic rings. The average molecular weight is 368 g/mol. The molecule has 146 valence electrons. The first-order valence-electron chi connectivity index (χ1n) is 10.4. The Morgan fingerprint density at radius 3 is 1.56 bits per heavy atom. The van der Waals surface area contributed by atoms with E-state index in [1.807, 2.05) is 0 Å². The minimum atomic E-state index is 0. The Bertz CT molecular complexity index is 396. The molecule has 0 saturated carbocycles. The van der Waals surface area contributed by atoms with Crippen LogP contribution in [0.3, 0.4) is 0 Å². The highest BCUT2D eigenvalue weighted by atomic mass is 35.5. The van der Waals surface area contributed by atoms with E-state index >= 15 is 0 Å². The van der Waals surface area contributed by atoms with E-state index in [0.29, 0.717) is 6.04 Å². The van der Waals surface area contributed by atoms with Gasteiger partial charge in [-0.3, -0.25) is 0 Å². The van der Waals surface area contributed by atoms with Crippen molar-refractivity contribution < 1.29 is 16.9 Å². The molecule has 0 bridgehead atoms. The van der Waals surface area contributed by atoms with Gasteiger partial charge in [-0.25, -0.2) is 0 Å². The monoisotopic (exact) mass is 367 g/mol. The Morgan fingerprint density at radius 1 is 0.680 bits per heavy atom. The lowest BCUT2D eigenvalue weighted by molar-refractivity contribution is -0.902. The lowest BCUT2D eigenvalue weighted by atomic mass is 9.97. The molecular formula is C23H42ClN. The van der Waals surface area contributed by atoms with Gasteiger partial charge < -0.3 is 16.9 Å². The molecule has 0 fully saturated rings. The SMILES string of the molecule is CCCCCCCCCCCCCC(c1ccccc1)[N+](C)(C)C.[Cl-]. The van der Waals surface area contributed by atoms with Gasteiger partial charge >= 0.3 is 0 Å². The van der Waals surface area contributed by atoms with Crippen LogP contribution in [-0.4, -0.2) is 25.6 Å². The Hall–Kier alpha value is -0.530. The maximum absolute atomic E-state index is 2.33. The van der Waals surface area contributed by atoms with Gasteiger partial charge in [0.2, 0.25) is 0 Å². The minimum absolute atomic E-state index is 0. The van der Waals surface area contributed by atoms with Crippen molar-refractivity contribution in [2.24, 2.45) is 0 Å². The van der Waals surface area contributed by atoms with Crippen molar-refractivity contribution in [1.29, 1.82) is 0 Å². The Balaban J connectivity index is 0.00000576. The predicted octanol–water partition coefficient (Wildman–Crippen LogP) is 4.14. The zero-order valence-electron chi connectivity index (χ0n) is 17.3. The van der Waals surface area contributed by atoms with Gasteiger partial charge in [-0.2, -0.15) is 0 Å². The first kappa shape index (κ1) is 24.5. The second-order valence-electron chi connectivity index (χ2n) is 8.37. The van der Waals surface area contributed by atoms with Gasteiger partial charge in [-0.1, -0.05) is 101 Å². The summed E-state index contributed by atoms with van der Waals surface area (Å²) in [6.07, 6.45) is 17.0. The van der Waals surface area contributed by atoms with Crippen LogP contribution >= 0.6 is 0 Å². The molecule has 0 aromatic heterocycles. The van der Waals surface area contributed by atoms with Crippen molar-refractivity contribution in [2.45, 2.75) is 90.0 Å². The molecule has 1 nitrogen and oxygen atoms in total. The molecule has 0 aliphatic heterocycles. The average Bonchev–Trinajstić information content (AvgIpc) is 2.55. The first-order valence-corrected chi connectivity index (χ1v) is 10.4. The molecule has 1 unspecified atom stereocenters. The Morgan fingerprint density at radius 2 is 1.12 bits per heavy atom. The Labute approximate surface area is 164 Å². The highest BCUT2D eigenvalue weighted by Crippen LogP contribution is 2.29. The van der Waals surface area contributed by atoms with Crippen molar-refractivity contribution in [1.82, 2.24) is 0 Å². The van der Waals surface area contributed by atoms with Gasteiger partial charge in [0.15, 0.2) is 0 Å². The number of hydrogen-bond donors (Lipinski definition) is 0. The quantitative estimate of drug-likeness (QED) is 0.342. The lowest BCUT2D eigenvalue weighted by Gasteiger charge is -2.34. The standard InChI is InChI=1S/C23H42N.ClH/c1-5-6-7-8-9-10-11-12-13-14-18-21-23(24(2,3)4)22-19-16-15-17-20-22;/h15-17,19-20,23H,5-14,18,21H2,1-4H3;1H/q+1;/p-1. The molecule has 0 saturated heterocycles. The van der Waals surface area contributed by atoms with Gasteiger partial charge in [0.1, 0.15) is 6.04 Å². The van der Waals surface area contributed by atoms with Crippen molar-refractivity contribution in [3.05, 3.63) is 35.9 Å². The van der Waals surface area contributed by atoms with Gasteiger partial charge in [-0.15, -0.1) is 0 Å². The van der Waals surface area contributed by atoms with Crippen LogP contribution in [0.2, 0.25) is 0 Å². The molecule has 0 N–H and O–H groups in total. The predicted molar refractivity (Wildman–Crippen MR) is 108 cm³/mol. The van der Waals surface area contributed by atoms with Crippen LogP contribution in [0.25, 0.3) is 0 Å². The molecule has 1 aromatic carbocycles. The van der Waals surface area contributed by atoms with E-state index in [2.05, 4.69) is 58.4 Å². The molecule has 25 heavy (non-hydrogen) atoms. The normalized spacial score (nSPS) is 12.6. The van der Waals surface area contributed by atoms with Crippen LogP contribution in [0.15, 0.2) is 30.3 Å². The molecule has 0 radical (unpaired) electrons. The van der Waals surface area contributed by atoms with E-state index in [-0.39, 0.29) is 12.4 Å². The highest BCUT2D eigenvalue weighted by Gasteiger charge is 2.24. The number of halogens is 1. The third-order valence-corrected chi connectivity index (χ3v) is 5.20. The molecule has 1 rings (SSSR count). The molecule has 0 aliphatic rings. The fraction of sp³-hybridized carbons (Fsp3) is 0.739. The zero-order valence-corrected chi connectivity index (χ0v) is 18.0. The van der Waals surface area contributed by atoms with E-state index in [4.69, 9.17) is 0 Å². The topological polar surface area (TPSA) is 0 Å². The number of quaternary nitrogens is 1. The van der Waals surface area contributed by atoms with E-state index < -0.39 is 0 Å². The van der Waals surface area contributed by atoms with Gasteiger partial charge in [0.05, 0.1) is 21.1 Å². The van der Waals surface area contributed by atoms with Crippen LogP contribution < -0.4 is 12.4 Å². The second-order valence-corrected chi connectivity index (χ2v) is 8.37. The maximum Gasteiger partial charge on any atom is 0.114 e.